The third-order valence-electron chi connectivity index (χ3n) is 6.55. The van der Waals surface area contributed by atoms with Gasteiger partial charge in [0.2, 0.25) is 6.41 Å². The predicted octanol–water partition coefficient (Wildman–Crippen LogP) is 1.80. The molecule has 2 aliphatic rings. The zero-order valence-electron chi connectivity index (χ0n) is 23.1. The Bertz CT molecular complexity index is 1170. The molecule has 1 saturated heterocycles. The largest absolute Gasteiger partial charge is 0.387 e. The van der Waals surface area contributed by atoms with E-state index in [0.29, 0.717) is 62.5 Å². The standard InChI is InChI=1S/C29H39N5O6/c1-20-15-23(29(38)33-9-4-12-39-13-10-33)18-25(16-20)34(19-35)11-14-40-21(2)27(36)28(37)32-24-6-3-5-22(7-8-24)17-26(30)31/h3,5,7-8,15-16,18-19,21,27,36H,4,6,9-14,17H2,1-2H3,(H3,30,31)(H,32,37)/t21-,27+/m0/s1. The van der Waals surface area contributed by atoms with Crippen molar-refractivity contribution in [1.29, 1.82) is 5.41 Å². The second kappa shape index (κ2) is 15.1. The molecule has 1 aliphatic carbocycles. The first-order valence-corrected chi connectivity index (χ1v) is 13.4. The lowest BCUT2D eigenvalue weighted by Crippen LogP contribution is -2.42. The zero-order chi connectivity index (χ0) is 29.1. The minimum absolute atomic E-state index is 0.0472. The summed E-state index contributed by atoms with van der Waals surface area (Å²) in [5.41, 5.74) is 8.78. The highest BCUT2D eigenvalue weighted by atomic mass is 16.5. The van der Waals surface area contributed by atoms with Gasteiger partial charge in [-0.05, 0) is 55.7 Å². The number of ether oxygens (including phenoxy) is 2. The Kier molecular flexibility index (Phi) is 11.6. The third-order valence-corrected chi connectivity index (χ3v) is 6.55. The van der Waals surface area contributed by atoms with E-state index in [2.05, 4.69) is 5.32 Å². The number of hydrogen-bond acceptors (Lipinski definition) is 7. The van der Waals surface area contributed by atoms with Crippen molar-refractivity contribution in [2.75, 3.05) is 44.4 Å². The number of aliphatic hydroxyl groups excluding tert-OH is 1. The molecule has 0 bridgehead atoms. The van der Waals surface area contributed by atoms with Crippen LogP contribution in [-0.4, -0.2) is 85.7 Å². The molecule has 40 heavy (non-hydrogen) atoms. The first kappa shape index (κ1) is 30.7. The molecule has 11 heteroatoms. The van der Waals surface area contributed by atoms with Crippen LogP contribution in [0.2, 0.25) is 0 Å². The summed E-state index contributed by atoms with van der Waals surface area (Å²) >= 11 is 0. The highest BCUT2D eigenvalue weighted by Gasteiger charge is 2.24. The molecule has 1 fully saturated rings. The number of amides is 3. The lowest BCUT2D eigenvalue weighted by molar-refractivity contribution is -0.136. The molecule has 0 radical (unpaired) electrons. The molecule has 1 aliphatic heterocycles. The Morgan fingerprint density at radius 3 is 2.83 bits per heavy atom. The second-order valence-electron chi connectivity index (χ2n) is 9.87. The van der Waals surface area contributed by atoms with E-state index in [1.807, 2.05) is 25.1 Å². The number of anilines is 1. The minimum atomic E-state index is -1.43. The van der Waals surface area contributed by atoms with Crippen LogP contribution < -0.4 is 16.0 Å². The summed E-state index contributed by atoms with van der Waals surface area (Å²) < 4.78 is 11.1. The van der Waals surface area contributed by atoms with Crippen molar-refractivity contribution in [3.63, 3.8) is 0 Å². The maximum absolute atomic E-state index is 13.1. The Labute approximate surface area is 234 Å². The Morgan fingerprint density at radius 2 is 2.08 bits per heavy atom. The smallest absolute Gasteiger partial charge is 0.255 e. The molecule has 1 aromatic carbocycles. The van der Waals surface area contributed by atoms with Gasteiger partial charge >= 0.3 is 0 Å². The number of nitrogens with two attached hydrogens (primary N) is 1. The molecular formula is C29H39N5O6. The van der Waals surface area contributed by atoms with Crippen molar-refractivity contribution in [3.8, 4) is 0 Å². The van der Waals surface area contributed by atoms with E-state index in [4.69, 9.17) is 20.6 Å². The Morgan fingerprint density at radius 1 is 1.27 bits per heavy atom. The van der Waals surface area contributed by atoms with Crippen LogP contribution in [0.15, 0.2) is 53.8 Å². The topological polar surface area (TPSA) is 158 Å². The second-order valence-corrected chi connectivity index (χ2v) is 9.87. The van der Waals surface area contributed by atoms with Crippen molar-refractivity contribution < 1.29 is 29.0 Å². The number of carbonyl (C=O) groups excluding carboxylic acids is 3. The fourth-order valence-electron chi connectivity index (χ4n) is 4.40. The van der Waals surface area contributed by atoms with Gasteiger partial charge in [0.05, 0.1) is 25.2 Å². The van der Waals surface area contributed by atoms with Gasteiger partial charge in [-0.2, -0.15) is 0 Å². The van der Waals surface area contributed by atoms with Gasteiger partial charge in [-0.15, -0.1) is 0 Å². The SMILES string of the molecule is Cc1cc(C(=O)N2CCCOCC2)cc(N(C=O)CCO[C@@H](C)[C@@H](O)C(=O)NC2=CC=C(CC(=N)N)C=CC2)c1. The quantitative estimate of drug-likeness (QED) is 0.175. The van der Waals surface area contributed by atoms with Crippen LogP contribution in [0, 0.1) is 12.3 Å². The maximum atomic E-state index is 13.1. The number of allylic oxidation sites excluding steroid dienone is 4. The molecule has 0 saturated carbocycles. The van der Waals surface area contributed by atoms with Gasteiger partial charge in [-0.3, -0.25) is 19.8 Å². The lowest BCUT2D eigenvalue weighted by atomic mass is 10.1. The van der Waals surface area contributed by atoms with Gasteiger partial charge in [0.1, 0.15) is 0 Å². The van der Waals surface area contributed by atoms with Crippen LogP contribution in [0.4, 0.5) is 5.69 Å². The lowest BCUT2D eigenvalue weighted by Gasteiger charge is -2.24. The van der Waals surface area contributed by atoms with Crippen LogP contribution in [0.3, 0.4) is 0 Å². The normalized spacial score (nSPS) is 17.0. The molecule has 1 heterocycles. The third kappa shape index (κ3) is 9.15. The highest BCUT2D eigenvalue weighted by molar-refractivity contribution is 5.96. The summed E-state index contributed by atoms with van der Waals surface area (Å²) in [7, 11) is 0. The number of nitrogens with one attached hydrogen (secondary N) is 2. The summed E-state index contributed by atoms with van der Waals surface area (Å²) in [5, 5.41) is 20.6. The van der Waals surface area contributed by atoms with Gasteiger partial charge in [0.25, 0.3) is 11.8 Å². The molecule has 1 aromatic rings. The fourth-order valence-corrected chi connectivity index (χ4v) is 4.40. The zero-order valence-corrected chi connectivity index (χ0v) is 23.1. The number of benzene rings is 1. The molecule has 0 spiro atoms. The Balaban J connectivity index is 1.54. The van der Waals surface area contributed by atoms with Crippen LogP contribution in [0.1, 0.15) is 42.1 Å². The van der Waals surface area contributed by atoms with E-state index in [9.17, 15) is 19.5 Å². The molecular weight excluding hydrogens is 514 g/mol. The fraction of sp³-hybridized carbons (Fsp3) is 0.448. The molecule has 0 aromatic heterocycles. The van der Waals surface area contributed by atoms with Crippen LogP contribution in [0.25, 0.3) is 0 Å². The molecule has 3 rings (SSSR count). The number of nitrogens with zero attached hydrogens (tertiary/aromatic N) is 2. The number of hydrogen-bond donors (Lipinski definition) is 4. The summed E-state index contributed by atoms with van der Waals surface area (Å²) in [6.45, 7) is 5.94. The van der Waals surface area contributed by atoms with Crippen molar-refractivity contribution in [1.82, 2.24) is 10.2 Å². The number of carbonyl (C=O) groups is 3. The summed E-state index contributed by atoms with van der Waals surface area (Å²) in [5.74, 6) is -0.667. The summed E-state index contributed by atoms with van der Waals surface area (Å²) in [6.07, 6.45) is 7.12. The van der Waals surface area contributed by atoms with Crippen molar-refractivity contribution in [2.24, 2.45) is 5.73 Å². The van der Waals surface area contributed by atoms with E-state index >= 15 is 0 Å². The van der Waals surface area contributed by atoms with Gasteiger partial charge in [0, 0.05) is 56.0 Å². The van der Waals surface area contributed by atoms with Crippen molar-refractivity contribution in [2.45, 2.75) is 45.3 Å². The van der Waals surface area contributed by atoms with Gasteiger partial charge in [-0.1, -0.05) is 18.2 Å². The van der Waals surface area contributed by atoms with Gasteiger partial charge in [-0.25, -0.2) is 0 Å². The molecule has 216 valence electrons. The molecule has 3 amide bonds. The summed E-state index contributed by atoms with van der Waals surface area (Å²) in [4.78, 5) is 40.8. The van der Waals surface area contributed by atoms with E-state index in [0.717, 1.165) is 17.6 Å². The number of amidine groups is 1. The van der Waals surface area contributed by atoms with E-state index in [1.54, 1.807) is 36.1 Å². The van der Waals surface area contributed by atoms with Crippen LogP contribution >= 0.6 is 0 Å². The first-order valence-electron chi connectivity index (χ1n) is 13.4. The number of aryl methyl sites for hydroxylation is 1. The average molecular weight is 554 g/mol. The van der Waals surface area contributed by atoms with Crippen molar-refractivity contribution in [3.05, 3.63) is 64.9 Å². The highest BCUT2D eigenvalue weighted by Crippen LogP contribution is 2.20. The molecule has 0 unspecified atom stereocenters. The maximum Gasteiger partial charge on any atom is 0.255 e. The molecule has 2 atom stereocenters. The van der Waals surface area contributed by atoms with Crippen LogP contribution in [0.5, 0.6) is 0 Å². The first-order chi connectivity index (χ1) is 19.2. The Hall–Kier alpha value is -3.80. The van der Waals surface area contributed by atoms with Crippen molar-refractivity contribution >= 4 is 29.7 Å². The molecule has 5 N–H and O–H groups in total. The van der Waals surface area contributed by atoms with E-state index < -0.39 is 18.1 Å². The molecule has 11 nitrogen and oxygen atoms in total. The number of rotatable bonds is 12. The summed E-state index contributed by atoms with van der Waals surface area (Å²) in [6, 6.07) is 5.30. The average Bonchev–Trinajstić information content (AvgIpc) is 3.33. The van der Waals surface area contributed by atoms with E-state index in [1.165, 1.54) is 4.90 Å². The van der Waals surface area contributed by atoms with Gasteiger partial charge in [0.15, 0.2) is 6.10 Å². The minimum Gasteiger partial charge on any atom is -0.387 e. The monoisotopic (exact) mass is 553 g/mol. The van der Waals surface area contributed by atoms with Crippen LogP contribution in [-0.2, 0) is 19.1 Å². The number of aliphatic hydroxyl groups is 1. The van der Waals surface area contributed by atoms with E-state index in [-0.39, 0.29) is 24.9 Å². The van der Waals surface area contributed by atoms with Gasteiger partial charge < -0.3 is 35.4 Å². The predicted molar refractivity (Wildman–Crippen MR) is 152 cm³/mol.